The van der Waals surface area contributed by atoms with Gasteiger partial charge in [-0.1, -0.05) is 42.5 Å². The van der Waals surface area contributed by atoms with Gasteiger partial charge in [0.1, 0.15) is 5.75 Å². The van der Waals surface area contributed by atoms with Crippen LogP contribution in [0.1, 0.15) is 0 Å². The van der Waals surface area contributed by atoms with E-state index in [0.29, 0.717) is 11.2 Å². The van der Waals surface area contributed by atoms with Crippen molar-refractivity contribution in [2.24, 2.45) is 0 Å². The Hall–Kier alpha value is -3.40. The van der Waals surface area contributed by atoms with E-state index in [1.165, 1.54) is 0 Å². The van der Waals surface area contributed by atoms with Crippen molar-refractivity contribution in [1.82, 2.24) is 9.97 Å². The maximum Gasteiger partial charge on any atom is 0.117 e. The minimum atomic E-state index is 0.177. The van der Waals surface area contributed by atoms with Gasteiger partial charge in [0.15, 0.2) is 0 Å². The Morgan fingerprint density at radius 3 is 2.00 bits per heavy atom. The van der Waals surface area contributed by atoms with Crippen molar-refractivity contribution in [2.75, 3.05) is 5.73 Å². The molecule has 1 heterocycles. The summed E-state index contributed by atoms with van der Waals surface area (Å²) in [6, 6.07) is 22.5. The van der Waals surface area contributed by atoms with Gasteiger partial charge in [0.2, 0.25) is 0 Å². The Bertz CT molecular complexity index is 1010. The summed E-state index contributed by atoms with van der Waals surface area (Å²) >= 11 is 0. The number of nitrogen functional groups attached to an aromatic ring is 1. The normalized spacial score (nSPS) is 10.8. The summed E-state index contributed by atoms with van der Waals surface area (Å²) in [6.45, 7) is 0. The van der Waals surface area contributed by atoms with Crippen LogP contribution >= 0.6 is 0 Å². The summed E-state index contributed by atoms with van der Waals surface area (Å²) in [5, 5.41) is 9.73. The number of phenols is 1. The molecular formula is C20H15N3O. The highest BCUT2D eigenvalue weighted by molar-refractivity contribution is 5.86. The fourth-order valence-corrected chi connectivity index (χ4v) is 2.68. The molecule has 4 aromatic rings. The van der Waals surface area contributed by atoms with E-state index in [9.17, 15) is 5.11 Å². The lowest BCUT2D eigenvalue weighted by atomic mass is 10.0. The molecule has 0 saturated heterocycles. The standard InChI is InChI=1S/C20H15N3O/c21-15-8-6-14(7-9-15)20-19(13-4-2-1-3-5-13)23-18-12-16(24)10-11-17(18)22-20/h1-12,24H,21H2. The number of hydrogen-bond donors (Lipinski definition) is 2. The molecule has 0 aliphatic heterocycles. The molecule has 116 valence electrons. The van der Waals surface area contributed by atoms with E-state index in [0.717, 1.165) is 28.0 Å². The van der Waals surface area contributed by atoms with Gasteiger partial charge < -0.3 is 10.8 Å². The van der Waals surface area contributed by atoms with E-state index < -0.39 is 0 Å². The zero-order chi connectivity index (χ0) is 16.5. The van der Waals surface area contributed by atoms with E-state index in [1.807, 2.05) is 54.6 Å². The first-order chi connectivity index (χ1) is 11.7. The summed E-state index contributed by atoms with van der Waals surface area (Å²) < 4.78 is 0. The van der Waals surface area contributed by atoms with Crippen LogP contribution in [0.15, 0.2) is 72.8 Å². The lowest BCUT2D eigenvalue weighted by Crippen LogP contribution is -1.95. The molecule has 24 heavy (non-hydrogen) atoms. The average Bonchev–Trinajstić information content (AvgIpc) is 2.62. The Morgan fingerprint density at radius 1 is 0.667 bits per heavy atom. The fraction of sp³-hybridized carbons (Fsp3) is 0. The van der Waals surface area contributed by atoms with Gasteiger partial charge in [-0.2, -0.15) is 0 Å². The molecule has 4 heteroatoms. The number of fused-ring (bicyclic) bond motifs is 1. The molecule has 0 aliphatic carbocycles. The van der Waals surface area contributed by atoms with Crippen molar-refractivity contribution >= 4 is 16.7 Å². The minimum Gasteiger partial charge on any atom is -0.508 e. The third kappa shape index (κ3) is 2.54. The van der Waals surface area contributed by atoms with Crippen LogP contribution in [0.3, 0.4) is 0 Å². The summed E-state index contributed by atoms with van der Waals surface area (Å²) in [4.78, 5) is 9.53. The number of nitrogens with two attached hydrogens (primary N) is 1. The number of hydrogen-bond acceptors (Lipinski definition) is 4. The number of anilines is 1. The maximum atomic E-state index is 9.73. The first-order valence-electron chi connectivity index (χ1n) is 7.63. The van der Waals surface area contributed by atoms with Crippen LogP contribution in [-0.4, -0.2) is 15.1 Å². The van der Waals surface area contributed by atoms with Gasteiger partial charge in [0.05, 0.1) is 22.4 Å². The van der Waals surface area contributed by atoms with Crippen LogP contribution in [0.25, 0.3) is 33.5 Å². The van der Waals surface area contributed by atoms with Gasteiger partial charge in [0, 0.05) is 22.9 Å². The molecule has 0 bridgehead atoms. The van der Waals surface area contributed by atoms with Gasteiger partial charge in [-0.05, 0) is 24.3 Å². The lowest BCUT2D eigenvalue weighted by Gasteiger charge is -2.11. The second-order valence-corrected chi connectivity index (χ2v) is 5.58. The van der Waals surface area contributed by atoms with Crippen molar-refractivity contribution in [2.45, 2.75) is 0 Å². The molecule has 0 radical (unpaired) electrons. The van der Waals surface area contributed by atoms with E-state index in [1.54, 1.807) is 18.2 Å². The van der Waals surface area contributed by atoms with Gasteiger partial charge in [-0.3, -0.25) is 0 Å². The summed E-state index contributed by atoms with van der Waals surface area (Å²) in [5.74, 6) is 0.177. The largest absolute Gasteiger partial charge is 0.508 e. The molecule has 0 fully saturated rings. The molecule has 0 saturated carbocycles. The predicted octanol–water partition coefficient (Wildman–Crippen LogP) is 4.25. The summed E-state index contributed by atoms with van der Waals surface area (Å²) in [5.41, 5.74) is 11.4. The molecule has 3 aromatic carbocycles. The second-order valence-electron chi connectivity index (χ2n) is 5.58. The number of benzene rings is 3. The van der Waals surface area contributed by atoms with Crippen molar-refractivity contribution in [3.63, 3.8) is 0 Å². The number of phenolic OH excluding ortho intramolecular Hbond substituents is 1. The van der Waals surface area contributed by atoms with Crippen molar-refractivity contribution in [1.29, 1.82) is 0 Å². The molecule has 0 spiro atoms. The molecule has 4 rings (SSSR count). The number of nitrogens with zero attached hydrogens (tertiary/aromatic N) is 2. The molecular weight excluding hydrogens is 298 g/mol. The third-order valence-corrected chi connectivity index (χ3v) is 3.88. The van der Waals surface area contributed by atoms with Gasteiger partial charge in [-0.15, -0.1) is 0 Å². The fourth-order valence-electron chi connectivity index (χ4n) is 2.68. The van der Waals surface area contributed by atoms with Crippen molar-refractivity contribution in [3.8, 4) is 28.3 Å². The molecule has 4 nitrogen and oxygen atoms in total. The lowest BCUT2D eigenvalue weighted by molar-refractivity contribution is 0.476. The first-order valence-corrected chi connectivity index (χ1v) is 7.63. The van der Waals surface area contributed by atoms with Crippen LogP contribution in [0.2, 0.25) is 0 Å². The minimum absolute atomic E-state index is 0.177. The van der Waals surface area contributed by atoms with Gasteiger partial charge in [0.25, 0.3) is 0 Å². The van der Waals surface area contributed by atoms with Crippen LogP contribution in [0.4, 0.5) is 5.69 Å². The number of aromatic hydroxyl groups is 1. The highest BCUT2D eigenvalue weighted by Gasteiger charge is 2.13. The van der Waals surface area contributed by atoms with E-state index in [-0.39, 0.29) is 5.75 Å². The highest BCUT2D eigenvalue weighted by atomic mass is 16.3. The highest BCUT2D eigenvalue weighted by Crippen LogP contribution is 2.32. The SMILES string of the molecule is Nc1ccc(-c2nc3ccc(O)cc3nc2-c2ccccc2)cc1. The van der Waals surface area contributed by atoms with E-state index >= 15 is 0 Å². The monoisotopic (exact) mass is 313 g/mol. The van der Waals surface area contributed by atoms with Crippen molar-refractivity contribution < 1.29 is 5.11 Å². The van der Waals surface area contributed by atoms with Crippen molar-refractivity contribution in [3.05, 3.63) is 72.8 Å². The zero-order valence-electron chi connectivity index (χ0n) is 12.8. The molecule has 0 aliphatic rings. The molecule has 0 amide bonds. The third-order valence-electron chi connectivity index (χ3n) is 3.88. The second kappa shape index (κ2) is 5.66. The topological polar surface area (TPSA) is 72.0 Å². The van der Waals surface area contributed by atoms with E-state index in [4.69, 9.17) is 15.7 Å². The number of rotatable bonds is 2. The van der Waals surface area contributed by atoms with Crippen LogP contribution in [0, 0.1) is 0 Å². The average molecular weight is 313 g/mol. The Balaban J connectivity index is 2.02. The van der Waals surface area contributed by atoms with Crippen LogP contribution < -0.4 is 5.73 Å². The zero-order valence-corrected chi connectivity index (χ0v) is 12.8. The summed E-state index contributed by atoms with van der Waals surface area (Å²) in [6.07, 6.45) is 0. The quantitative estimate of drug-likeness (QED) is 0.543. The first kappa shape index (κ1) is 14.2. The maximum absolute atomic E-state index is 9.73. The number of aromatic nitrogens is 2. The molecule has 3 N–H and O–H groups in total. The van der Waals surface area contributed by atoms with Gasteiger partial charge >= 0.3 is 0 Å². The van der Waals surface area contributed by atoms with Crippen LogP contribution in [-0.2, 0) is 0 Å². The Morgan fingerprint density at radius 2 is 1.29 bits per heavy atom. The van der Waals surface area contributed by atoms with Gasteiger partial charge in [-0.25, -0.2) is 9.97 Å². The van der Waals surface area contributed by atoms with Crippen LogP contribution in [0.5, 0.6) is 5.75 Å². The Kier molecular flexibility index (Phi) is 3.35. The molecule has 1 aromatic heterocycles. The Labute approximate surface area is 139 Å². The summed E-state index contributed by atoms with van der Waals surface area (Å²) in [7, 11) is 0. The predicted molar refractivity (Wildman–Crippen MR) is 96.5 cm³/mol. The molecule has 0 atom stereocenters. The smallest absolute Gasteiger partial charge is 0.117 e. The van der Waals surface area contributed by atoms with E-state index in [2.05, 4.69) is 0 Å². The molecule has 0 unspecified atom stereocenters.